The molecule has 0 aliphatic carbocycles. The van der Waals surface area contributed by atoms with Crippen LogP contribution in [0.4, 0.5) is 4.39 Å². The number of aryl methyl sites for hydroxylation is 3. The summed E-state index contributed by atoms with van der Waals surface area (Å²) in [7, 11) is 0. The number of halogens is 1. The number of nitrogens with one attached hydrogen (secondary N) is 1. The smallest absolute Gasteiger partial charge is 0.131 e. The number of hydrogen-bond donors (Lipinski definition) is 1. The Hall–Kier alpha value is -1.67. The Labute approximate surface area is 127 Å². The second kappa shape index (κ2) is 6.86. The van der Waals surface area contributed by atoms with Gasteiger partial charge in [0.15, 0.2) is 0 Å². The molecule has 0 saturated heterocycles. The first-order valence-corrected chi connectivity index (χ1v) is 7.60. The van der Waals surface area contributed by atoms with E-state index in [1.165, 1.54) is 0 Å². The summed E-state index contributed by atoms with van der Waals surface area (Å²) < 4.78 is 14.5. The largest absolute Gasteiger partial charge is 0.313 e. The molecule has 0 aliphatic rings. The molecule has 112 valence electrons. The van der Waals surface area contributed by atoms with E-state index in [1.807, 2.05) is 26.8 Å². The van der Waals surface area contributed by atoms with Crippen LogP contribution >= 0.6 is 0 Å². The highest BCUT2D eigenvalue weighted by atomic mass is 19.1. The summed E-state index contributed by atoms with van der Waals surface area (Å²) in [5.41, 5.74) is 6.01. The van der Waals surface area contributed by atoms with Crippen molar-refractivity contribution in [2.45, 2.75) is 40.7 Å². The summed E-state index contributed by atoms with van der Waals surface area (Å²) >= 11 is 0. The monoisotopic (exact) mass is 285 g/mol. The first kappa shape index (κ1) is 15.7. The zero-order valence-corrected chi connectivity index (χ0v) is 13.4. The van der Waals surface area contributed by atoms with Crippen LogP contribution in [0, 0.1) is 26.6 Å². The minimum Gasteiger partial charge on any atom is -0.313 e. The van der Waals surface area contributed by atoms with Crippen molar-refractivity contribution in [1.82, 2.24) is 5.32 Å². The molecular weight excluding hydrogens is 261 g/mol. The molecule has 1 N–H and O–H groups in total. The van der Waals surface area contributed by atoms with Gasteiger partial charge < -0.3 is 5.32 Å². The third kappa shape index (κ3) is 3.70. The van der Waals surface area contributed by atoms with Gasteiger partial charge in [0.25, 0.3) is 0 Å². The van der Waals surface area contributed by atoms with Crippen molar-refractivity contribution >= 4 is 0 Å². The van der Waals surface area contributed by atoms with Crippen molar-refractivity contribution < 1.29 is 4.39 Å². The lowest BCUT2D eigenvalue weighted by atomic mass is 9.93. The van der Waals surface area contributed by atoms with Crippen molar-refractivity contribution in [3.05, 3.63) is 58.4 Å². The molecule has 0 aliphatic heterocycles. The van der Waals surface area contributed by atoms with Gasteiger partial charge in [-0.25, -0.2) is 4.39 Å². The average Bonchev–Trinajstić information content (AvgIpc) is 2.40. The molecule has 21 heavy (non-hydrogen) atoms. The van der Waals surface area contributed by atoms with Crippen LogP contribution in [0.2, 0.25) is 0 Å². The molecule has 0 bridgehead atoms. The fraction of sp³-hybridized carbons (Fsp3) is 0.368. The van der Waals surface area contributed by atoms with E-state index >= 15 is 0 Å². The first-order valence-electron chi connectivity index (χ1n) is 7.60. The maximum Gasteiger partial charge on any atom is 0.131 e. The minimum atomic E-state index is -0.130. The molecule has 0 fully saturated rings. The molecule has 2 aromatic carbocycles. The Bertz CT molecular complexity index is 608. The Balaban J connectivity index is 2.49. The lowest BCUT2D eigenvalue weighted by Crippen LogP contribution is -2.14. The van der Waals surface area contributed by atoms with Crippen molar-refractivity contribution in [1.29, 1.82) is 0 Å². The van der Waals surface area contributed by atoms with E-state index in [-0.39, 0.29) is 5.82 Å². The summed E-state index contributed by atoms with van der Waals surface area (Å²) in [6, 6.07) is 9.95. The van der Waals surface area contributed by atoms with E-state index < -0.39 is 0 Å². The molecular formula is C19H24FN. The van der Waals surface area contributed by atoms with Gasteiger partial charge >= 0.3 is 0 Å². The van der Waals surface area contributed by atoms with E-state index in [1.54, 1.807) is 6.07 Å². The summed E-state index contributed by atoms with van der Waals surface area (Å²) in [6.07, 6.45) is 1.10. The van der Waals surface area contributed by atoms with Crippen molar-refractivity contribution in [3.63, 3.8) is 0 Å². The van der Waals surface area contributed by atoms with Gasteiger partial charge in [-0.2, -0.15) is 0 Å². The fourth-order valence-electron chi connectivity index (χ4n) is 2.73. The van der Waals surface area contributed by atoms with Gasteiger partial charge in [0.2, 0.25) is 0 Å². The topological polar surface area (TPSA) is 12.0 Å². The lowest BCUT2D eigenvalue weighted by molar-refractivity contribution is 0.628. The Kier molecular flexibility index (Phi) is 5.13. The van der Waals surface area contributed by atoms with E-state index in [2.05, 4.69) is 30.4 Å². The van der Waals surface area contributed by atoms with Crippen molar-refractivity contribution in [2.24, 2.45) is 0 Å². The Morgan fingerprint density at radius 2 is 1.76 bits per heavy atom. The van der Waals surface area contributed by atoms with Gasteiger partial charge in [-0.05, 0) is 62.1 Å². The van der Waals surface area contributed by atoms with E-state index in [0.29, 0.717) is 0 Å². The van der Waals surface area contributed by atoms with Crippen LogP contribution < -0.4 is 5.32 Å². The molecule has 0 saturated carbocycles. The maximum absolute atomic E-state index is 14.5. The molecule has 2 aromatic rings. The molecule has 0 unspecified atom stereocenters. The molecule has 2 rings (SSSR count). The van der Waals surface area contributed by atoms with Crippen molar-refractivity contribution in [2.75, 3.05) is 6.54 Å². The highest BCUT2D eigenvalue weighted by Crippen LogP contribution is 2.31. The fourth-order valence-corrected chi connectivity index (χ4v) is 2.73. The molecule has 0 atom stereocenters. The van der Waals surface area contributed by atoms with Crippen molar-refractivity contribution in [3.8, 4) is 11.1 Å². The van der Waals surface area contributed by atoms with Gasteiger partial charge in [-0.1, -0.05) is 36.8 Å². The van der Waals surface area contributed by atoms with Gasteiger partial charge in [-0.3, -0.25) is 0 Å². The predicted octanol–water partition coefficient (Wildman–Crippen LogP) is 4.92. The third-order valence-electron chi connectivity index (χ3n) is 3.71. The summed E-state index contributed by atoms with van der Waals surface area (Å²) in [6.45, 7) is 9.86. The molecule has 0 radical (unpaired) electrons. The number of benzene rings is 2. The van der Waals surface area contributed by atoms with Gasteiger partial charge in [0.05, 0.1) is 0 Å². The SMILES string of the molecule is CCCNCc1ccc(C)cc1-c1c(C)cc(C)cc1F. The van der Waals surface area contributed by atoms with Crippen LogP contribution in [-0.2, 0) is 6.54 Å². The second-order valence-electron chi connectivity index (χ2n) is 5.78. The molecule has 0 spiro atoms. The van der Waals surface area contributed by atoms with Crippen LogP contribution in [0.15, 0.2) is 30.3 Å². The first-order chi connectivity index (χ1) is 10.0. The summed E-state index contributed by atoms with van der Waals surface area (Å²) in [5.74, 6) is -0.130. The number of rotatable bonds is 5. The Morgan fingerprint density at radius 1 is 1.00 bits per heavy atom. The van der Waals surface area contributed by atoms with Gasteiger partial charge in [0.1, 0.15) is 5.82 Å². The number of hydrogen-bond acceptors (Lipinski definition) is 1. The van der Waals surface area contributed by atoms with Crippen LogP contribution in [0.3, 0.4) is 0 Å². The standard InChI is InChI=1S/C19H24FN/c1-5-8-21-12-16-7-6-13(2)10-17(16)19-15(4)9-14(3)11-18(19)20/h6-7,9-11,21H,5,8,12H2,1-4H3. The zero-order valence-electron chi connectivity index (χ0n) is 13.4. The maximum atomic E-state index is 14.5. The molecule has 0 amide bonds. The van der Waals surface area contributed by atoms with Crippen LogP contribution in [0.5, 0.6) is 0 Å². The quantitative estimate of drug-likeness (QED) is 0.769. The minimum absolute atomic E-state index is 0.130. The third-order valence-corrected chi connectivity index (χ3v) is 3.71. The van der Waals surface area contributed by atoms with Gasteiger partial charge in [0, 0.05) is 12.1 Å². The average molecular weight is 285 g/mol. The van der Waals surface area contributed by atoms with Crippen LogP contribution in [0.25, 0.3) is 11.1 Å². The van der Waals surface area contributed by atoms with E-state index in [9.17, 15) is 4.39 Å². The van der Waals surface area contributed by atoms with E-state index in [4.69, 9.17) is 0 Å². The van der Waals surface area contributed by atoms with Gasteiger partial charge in [-0.15, -0.1) is 0 Å². The van der Waals surface area contributed by atoms with Crippen LogP contribution in [0.1, 0.15) is 35.6 Å². The summed E-state index contributed by atoms with van der Waals surface area (Å²) in [5, 5.41) is 3.41. The Morgan fingerprint density at radius 3 is 2.43 bits per heavy atom. The predicted molar refractivity (Wildman–Crippen MR) is 88.0 cm³/mol. The second-order valence-corrected chi connectivity index (χ2v) is 5.78. The lowest BCUT2D eigenvalue weighted by Gasteiger charge is -2.15. The normalized spacial score (nSPS) is 10.9. The molecule has 0 aromatic heterocycles. The highest BCUT2D eigenvalue weighted by molar-refractivity contribution is 5.72. The van der Waals surface area contributed by atoms with E-state index in [0.717, 1.165) is 52.9 Å². The summed E-state index contributed by atoms with van der Waals surface area (Å²) in [4.78, 5) is 0. The molecule has 1 nitrogen and oxygen atoms in total. The molecule has 0 heterocycles. The zero-order chi connectivity index (χ0) is 15.4. The highest BCUT2D eigenvalue weighted by Gasteiger charge is 2.13. The van der Waals surface area contributed by atoms with Crippen LogP contribution in [-0.4, -0.2) is 6.54 Å². The molecule has 2 heteroatoms.